The van der Waals surface area contributed by atoms with Crippen LogP contribution in [0.2, 0.25) is 0 Å². The molecule has 0 unspecified atom stereocenters. The van der Waals surface area contributed by atoms with Gasteiger partial charge < -0.3 is 9.84 Å². The van der Waals surface area contributed by atoms with Gasteiger partial charge in [-0.2, -0.15) is 10.1 Å². The molecule has 0 saturated heterocycles. The van der Waals surface area contributed by atoms with Crippen LogP contribution in [0.4, 0.5) is 9.05 Å². The number of carbonyl (C=O) groups excluding carboxylic acids is 1. The zero-order valence-corrected chi connectivity index (χ0v) is 26.2. The second-order valence-corrected chi connectivity index (χ2v) is 13.1. The first-order valence-electron chi connectivity index (χ1n) is 13.0. The monoisotopic (exact) mass is 715 g/mol. The number of carboxylic acids is 1. The minimum absolute atomic E-state index is 0.0825. The molecule has 1 heterocycles. The third-order valence-electron chi connectivity index (χ3n) is 6.26. The molecule has 45 heavy (non-hydrogen) atoms. The van der Waals surface area contributed by atoms with Gasteiger partial charge in [0, 0.05) is 15.6 Å². The van der Waals surface area contributed by atoms with Gasteiger partial charge in [-0.1, -0.05) is 75.8 Å². The molecule has 1 amide bonds. The van der Waals surface area contributed by atoms with Gasteiger partial charge in [-0.3, -0.25) is 9.36 Å². The van der Waals surface area contributed by atoms with E-state index in [1.54, 1.807) is 78.9 Å². The molecule has 0 fully saturated rings. The van der Waals surface area contributed by atoms with Crippen LogP contribution in [0.3, 0.4) is 0 Å². The lowest BCUT2D eigenvalue weighted by molar-refractivity contribution is -0.0881. The van der Waals surface area contributed by atoms with Gasteiger partial charge in [0.05, 0.1) is 18.3 Å². The van der Waals surface area contributed by atoms with Crippen LogP contribution in [0.1, 0.15) is 31.8 Å². The summed E-state index contributed by atoms with van der Waals surface area (Å²) in [5.41, 5.74) is 2.07. The maximum absolute atomic E-state index is 13.0. The van der Waals surface area contributed by atoms with Gasteiger partial charge in [-0.25, -0.2) is 9.48 Å². The van der Waals surface area contributed by atoms with Crippen molar-refractivity contribution in [2.45, 2.75) is 12.7 Å². The van der Waals surface area contributed by atoms with Crippen molar-refractivity contribution in [3.8, 4) is 22.1 Å². The van der Waals surface area contributed by atoms with Crippen molar-refractivity contribution in [3.63, 3.8) is 0 Å². The molecule has 5 rings (SSSR count). The number of hydrogen-bond acceptors (Lipinski definition) is 8. The van der Waals surface area contributed by atoms with Crippen LogP contribution in [-0.4, -0.2) is 26.8 Å². The topological polar surface area (TPSA) is 129 Å². The number of nitrogens with zero attached hydrogens (tertiary/aromatic N) is 3. The maximum Gasteiger partial charge on any atom is 0.399 e. The number of rotatable bonds is 11. The predicted octanol–water partition coefficient (Wildman–Crippen LogP) is 8.15. The first kappa shape index (κ1) is 32.1. The summed E-state index contributed by atoms with van der Waals surface area (Å²) in [5.74, 6) is -0.777. The summed E-state index contributed by atoms with van der Waals surface area (Å²) in [6.45, 7) is 0.144. The second-order valence-electron chi connectivity index (χ2n) is 9.43. The number of halogens is 3. The molecule has 230 valence electrons. The lowest BCUT2D eigenvalue weighted by atomic mass is 10.1. The second kappa shape index (κ2) is 14.2. The lowest BCUT2D eigenvalue weighted by Gasteiger charge is -2.10. The van der Waals surface area contributed by atoms with Crippen molar-refractivity contribution in [2.24, 2.45) is 4.99 Å². The molecule has 0 radical (unpaired) electrons. The lowest BCUT2D eigenvalue weighted by Crippen LogP contribution is -2.19. The van der Waals surface area contributed by atoms with E-state index in [4.69, 9.17) is 9.84 Å². The van der Waals surface area contributed by atoms with Crippen LogP contribution < -0.4 is 9.54 Å². The van der Waals surface area contributed by atoms with Crippen LogP contribution in [0.5, 0.6) is 11.5 Å². The van der Waals surface area contributed by atoms with Gasteiger partial charge in [-0.15, -0.1) is 9.46 Å². The van der Waals surface area contributed by atoms with Crippen molar-refractivity contribution < 1.29 is 42.5 Å². The van der Waals surface area contributed by atoms with Crippen molar-refractivity contribution in [1.82, 2.24) is 9.78 Å². The van der Waals surface area contributed by atoms with Gasteiger partial charge in [0.2, 0.25) is 4.80 Å². The van der Waals surface area contributed by atoms with Crippen molar-refractivity contribution in [1.29, 1.82) is 0 Å². The van der Waals surface area contributed by atoms with E-state index in [1.807, 2.05) is 0 Å². The minimum Gasteiger partial charge on any atom is -0.478 e. The van der Waals surface area contributed by atoms with E-state index in [0.29, 0.717) is 42.5 Å². The summed E-state index contributed by atoms with van der Waals surface area (Å²) in [5, 5.41) is 14.5. The van der Waals surface area contributed by atoms with E-state index in [1.165, 1.54) is 22.9 Å². The largest absolute Gasteiger partial charge is 0.478 e. The highest BCUT2D eigenvalue weighted by atomic mass is 79.9. The molecule has 1 aromatic heterocycles. The fourth-order valence-electron chi connectivity index (χ4n) is 4.12. The fraction of sp³-hybridized carbons (Fsp3) is 0.0667. The van der Waals surface area contributed by atoms with E-state index in [2.05, 4.69) is 30.4 Å². The number of aromatic carboxylic acids is 1. The van der Waals surface area contributed by atoms with Crippen molar-refractivity contribution in [3.05, 3.63) is 129 Å². The third kappa shape index (κ3) is 8.04. The molecule has 0 aliphatic heterocycles. The van der Waals surface area contributed by atoms with Crippen LogP contribution in [0, 0.1) is 0 Å². The van der Waals surface area contributed by atoms with Crippen LogP contribution in [0.15, 0.2) is 107 Å². The predicted molar refractivity (Wildman–Crippen MR) is 164 cm³/mol. The first-order chi connectivity index (χ1) is 21.7. The maximum atomic E-state index is 13.0. The summed E-state index contributed by atoms with van der Waals surface area (Å²) in [4.78, 5) is 29.0. The van der Waals surface area contributed by atoms with E-state index >= 15 is 0 Å². The number of hydrogen-bond donors (Lipinski definition) is 1. The SMILES string of the molecule is O=C(O)c1cccc(Oc2cccc(-c3nn(Cc4ccc(CP(=O)(OF)OF)c(Br)c4)c(=NC(=O)c4ccccc4)s3)c2)c1. The van der Waals surface area contributed by atoms with Crippen LogP contribution in [-0.2, 0) is 26.7 Å². The van der Waals surface area contributed by atoms with E-state index in [0.717, 1.165) is 11.3 Å². The van der Waals surface area contributed by atoms with Crippen LogP contribution in [0.25, 0.3) is 10.6 Å². The zero-order chi connectivity index (χ0) is 32.0. The summed E-state index contributed by atoms with van der Waals surface area (Å²) in [6.07, 6.45) is -0.653. The highest BCUT2D eigenvalue weighted by molar-refractivity contribution is 9.10. The molecule has 0 aliphatic rings. The van der Waals surface area contributed by atoms with E-state index in [-0.39, 0.29) is 17.7 Å². The highest BCUT2D eigenvalue weighted by Gasteiger charge is 2.29. The molecule has 0 spiro atoms. The van der Waals surface area contributed by atoms with Gasteiger partial charge in [0.25, 0.3) is 5.91 Å². The Hall–Kier alpha value is -4.33. The molecule has 4 aromatic carbocycles. The molecule has 1 N–H and O–H groups in total. The molecule has 0 aliphatic carbocycles. The molecule has 0 bridgehead atoms. The Morgan fingerprint density at radius 2 is 1.60 bits per heavy atom. The van der Waals surface area contributed by atoms with Crippen molar-refractivity contribution in [2.75, 3.05) is 0 Å². The number of ether oxygens (including phenoxy) is 1. The molecule has 15 heteroatoms. The van der Waals surface area contributed by atoms with E-state index in [9.17, 15) is 28.3 Å². The Kier molecular flexibility index (Phi) is 10.1. The van der Waals surface area contributed by atoms with Gasteiger partial charge in [0.1, 0.15) is 16.5 Å². The fourth-order valence-corrected chi connectivity index (χ4v) is 6.62. The van der Waals surface area contributed by atoms with E-state index < -0.39 is 25.6 Å². The Morgan fingerprint density at radius 1 is 0.911 bits per heavy atom. The molecule has 5 aromatic rings. The number of aromatic nitrogens is 2. The minimum atomic E-state index is -4.60. The average molecular weight is 716 g/mol. The Labute approximate surface area is 266 Å². The molecule has 0 saturated carbocycles. The standard InChI is InChI=1S/C30H21BrF2N3O7PS/c31-26-14-19(12-13-23(26)18-44(40,42-32)43-33)17-36-30(34-27(37)20-6-2-1-3-7-20)45-28(35-36)21-8-4-10-24(15-21)41-25-11-5-9-22(16-25)29(38)39/h1-16H,17-18H2,(H,38,39). The Bertz CT molecular complexity index is 1980. The Balaban J connectivity index is 1.49. The van der Waals surface area contributed by atoms with Crippen molar-refractivity contribution >= 4 is 46.7 Å². The molecule has 10 nitrogen and oxygen atoms in total. The molecular weight excluding hydrogens is 695 g/mol. The van der Waals surface area contributed by atoms with Gasteiger partial charge in [0.15, 0.2) is 0 Å². The molecular formula is C30H21BrF2N3O7PS. The number of carbonyl (C=O) groups is 2. The zero-order valence-electron chi connectivity index (χ0n) is 22.9. The summed E-state index contributed by atoms with van der Waals surface area (Å²) in [6, 6.07) is 26.4. The summed E-state index contributed by atoms with van der Waals surface area (Å²) >= 11 is 4.49. The average Bonchev–Trinajstić information content (AvgIpc) is 3.44. The summed E-state index contributed by atoms with van der Waals surface area (Å²) < 4.78 is 51.4. The molecule has 0 atom stereocenters. The van der Waals surface area contributed by atoms with Crippen LogP contribution >= 0.6 is 34.9 Å². The van der Waals surface area contributed by atoms with Gasteiger partial charge >= 0.3 is 13.6 Å². The third-order valence-corrected chi connectivity index (χ3v) is 9.14. The Morgan fingerprint density at radius 3 is 2.29 bits per heavy atom. The highest BCUT2D eigenvalue weighted by Crippen LogP contribution is 2.53. The quantitative estimate of drug-likeness (QED) is 0.136. The first-order valence-corrected chi connectivity index (χ1v) is 16.3. The summed E-state index contributed by atoms with van der Waals surface area (Å²) in [7, 11) is -4.60. The number of carboxylic acid groups (broad SMARTS) is 1. The number of benzene rings is 4. The normalized spacial score (nSPS) is 11.8. The smallest absolute Gasteiger partial charge is 0.399 e. The van der Waals surface area contributed by atoms with Gasteiger partial charge in [-0.05, 0) is 68.7 Å². The number of amides is 1.